The number of hydrogen-bond donors (Lipinski definition) is 0. The average Bonchev–Trinajstić information content (AvgIpc) is 2.50. The molecule has 0 amide bonds. The van der Waals surface area contributed by atoms with Crippen LogP contribution in [0.25, 0.3) is 0 Å². The van der Waals surface area contributed by atoms with Gasteiger partial charge in [-0.3, -0.25) is 0 Å². The van der Waals surface area contributed by atoms with E-state index in [1.807, 2.05) is 0 Å². The Labute approximate surface area is 108 Å². The van der Waals surface area contributed by atoms with Gasteiger partial charge in [0.15, 0.2) is 0 Å². The molecule has 5 fully saturated rings. The lowest BCUT2D eigenvalue weighted by Gasteiger charge is -2.44. The van der Waals surface area contributed by atoms with Crippen LogP contribution < -0.4 is 0 Å². The standard InChI is InChI=1S/C15H23Br/c1-12(2)6-5-7-14-10-8-9(13(14,3)4)11(16)15(10,12)14/h9-11H,5-8H2,1-4H3. The van der Waals surface area contributed by atoms with Crippen molar-refractivity contribution in [2.75, 3.05) is 0 Å². The van der Waals surface area contributed by atoms with Crippen molar-refractivity contribution in [2.45, 2.75) is 58.2 Å². The molecule has 5 aliphatic carbocycles. The number of halogens is 1. The average molecular weight is 283 g/mol. The Bertz CT molecular complexity index is 383. The third-order valence-corrected chi connectivity index (χ3v) is 9.01. The second-order valence-electron chi connectivity index (χ2n) is 8.10. The van der Waals surface area contributed by atoms with Gasteiger partial charge < -0.3 is 0 Å². The molecule has 0 heterocycles. The summed E-state index contributed by atoms with van der Waals surface area (Å²) in [5.41, 5.74) is 2.57. The maximum atomic E-state index is 4.13. The fourth-order valence-corrected chi connectivity index (χ4v) is 9.53. The lowest BCUT2D eigenvalue weighted by molar-refractivity contribution is 0.0536. The molecule has 0 aromatic rings. The van der Waals surface area contributed by atoms with E-state index in [9.17, 15) is 0 Å². The van der Waals surface area contributed by atoms with Gasteiger partial charge in [-0.15, -0.1) is 0 Å². The van der Waals surface area contributed by atoms with E-state index in [-0.39, 0.29) is 0 Å². The molecule has 0 aromatic heterocycles. The van der Waals surface area contributed by atoms with Crippen LogP contribution in [-0.2, 0) is 0 Å². The molecule has 0 radical (unpaired) electrons. The molecule has 0 N–H and O–H groups in total. The van der Waals surface area contributed by atoms with Crippen molar-refractivity contribution >= 4 is 15.9 Å². The van der Waals surface area contributed by atoms with Crippen LogP contribution in [0.15, 0.2) is 0 Å². The Morgan fingerprint density at radius 3 is 2.31 bits per heavy atom. The summed E-state index contributed by atoms with van der Waals surface area (Å²) in [4.78, 5) is 0.815. The zero-order valence-corrected chi connectivity index (χ0v) is 12.5. The van der Waals surface area contributed by atoms with Crippen molar-refractivity contribution in [3.63, 3.8) is 0 Å². The van der Waals surface area contributed by atoms with E-state index in [2.05, 4.69) is 43.6 Å². The zero-order valence-electron chi connectivity index (χ0n) is 10.9. The normalized spacial score (nSPS) is 63.2. The maximum absolute atomic E-state index is 4.13. The Kier molecular flexibility index (Phi) is 1.50. The third kappa shape index (κ3) is 0.614. The Morgan fingerprint density at radius 2 is 1.75 bits per heavy atom. The van der Waals surface area contributed by atoms with E-state index >= 15 is 0 Å². The van der Waals surface area contributed by atoms with Crippen molar-refractivity contribution in [1.29, 1.82) is 0 Å². The van der Waals surface area contributed by atoms with Gasteiger partial charge in [-0.25, -0.2) is 0 Å². The highest BCUT2D eigenvalue weighted by Gasteiger charge is 2.96. The fraction of sp³-hybridized carbons (Fsp3) is 1.00. The minimum Gasteiger partial charge on any atom is -0.0881 e. The van der Waals surface area contributed by atoms with Crippen molar-refractivity contribution in [1.82, 2.24) is 0 Å². The summed E-state index contributed by atoms with van der Waals surface area (Å²) in [6.07, 6.45) is 5.97. The molecule has 0 saturated heterocycles. The van der Waals surface area contributed by atoms with Crippen LogP contribution >= 0.6 is 15.9 Å². The van der Waals surface area contributed by atoms with E-state index in [0.717, 1.165) is 22.1 Å². The molecule has 5 atom stereocenters. The van der Waals surface area contributed by atoms with Gasteiger partial charge in [0, 0.05) is 4.83 Å². The molecular formula is C15H23Br. The number of hydrogen-bond acceptors (Lipinski definition) is 0. The van der Waals surface area contributed by atoms with Crippen molar-refractivity contribution < 1.29 is 0 Å². The van der Waals surface area contributed by atoms with E-state index in [4.69, 9.17) is 0 Å². The SMILES string of the molecule is CC1(C)CCCC23C4CC(C(Br)C412)C3(C)C. The predicted molar refractivity (Wildman–Crippen MR) is 70.6 cm³/mol. The first-order chi connectivity index (χ1) is 7.34. The number of rotatable bonds is 0. The molecule has 5 rings (SSSR count). The largest absolute Gasteiger partial charge is 0.0881 e. The van der Waals surface area contributed by atoms with Crippen LogP contribution in [0.4, 0.5) is 0 Å². The lowest BCUT2D eigenvalue weighted by Crippen LogP contribution is -2.38. The van der Waals surface area contributed by atoms with E-state index in [1.165, 1.54) is 25.7 Å². The highest BCUT2D eigenvalue weighted by atomic mass is 79.9. The molecule has 0 aromatic carbocycles. The van der Waals surface area contributed by atoms with Crippen LogP contribution in [0, 0.1) is 33.5 Å². The maximum Gasteiger partial charge on any atom is 0.0249 e. The molecule has 4 bridgehead atoms. The fourth-order valence-electron chi connectivity index (χ4n) is 7.30. The highest BCUT2D eigenvalue weighted by Crippen LogP contribution is 3.00. The van der Waals surface area contributed by atoms with Gasteiger partial charge in [-0.1, -0.05) is 50.0 Å². The second kappa shape index (κ2) is 2.31. The number of alkyl halides is 1. The van der Waals surface area contributed by atoms with E-state index < -0.39 is 0 Å². The monoisotopic (exact) mass is 282 g/mol. The molecule has 90 valence electrons. The van der Waals surface area contributed by atoms with E-state index in [1.54, 1.807) is 0 Å². The van der Waals surface area contributed by atoms with Gasteiger partial charge in [0.2, 0.25) is 0 Å². The minimum absolute atomic E-state index is 0.576. The van der Waals surface area contributed by atoms with Crippen LogP contribution in [-0.4, -0.2) is 4.83 Å². The summed E-state index contributed by atoms with van der Waals surface area (Å²) in [5, 5.41) is 0. The second-order valence-corrected chi connectivity index (χ2v) is 9.08. The summed E-state index contributed by atoms with van der Waals surface area (Å²) >= 11 is 4.13. The van der Waals surface area contributed by atoms with Crippen molar-refractivity contribution in [2.24, 2.45) is 33.5 Å². The quantitative estimate of drug-likeness (QED) is 0.569. The van der Waals surface area contributed by atoms with Crippen molar-refractivity contribution in [3.05, 3.63) is 0 Å². The highest BCUT2D eigenvalue weighted by molar-refractivity contribution is 9.09. The first kappa shape index (κ1) is 10.4. The summed E-state index contributed by atoms with van der Waals surface area (Å²) in [6, 6.07) is 0. The molecule has 0 nitrogen and oxygen atoms in total. The lowest BCUT2D eigenvalue weighted by atomic mass is 9.61. The van der Waals surface area contributed by atoms with Crippen molar-refractivity contribution in [3.8, 4) is 0 Å². The molecule has 5 aliphatic rings. The Morgan fingerprint density at radius 1 is 1.06 bits per heavy atom. The van der Waals surface area contributed by atoms with Gasteiger partial charge in [-0.05, 0) is 52.8 Å². The summed E-state index contributed by atoms with van der Waals surface area (Å²) in [5.74, 6) is 2.01. The topological polar surface area (TPSA) is 0 Å². The molecule has 1 heteroatoms. The third-order valence-electron chi connectivity index (χ3n) is 7.65. The van der Waals surface area contributed by atoms with Gasteiger partial charge in [0.25, 0.3) is 0 Å². The molecule has 16 heavy (non-hydrogen) atoms. The first-order valence-electron chi connectivity index (χ1n) is 6.98. The Balaban J connectivity index is 1.97. The summed E-state index contributed by atoms with van der Waals surface area (Å²) in [6.45, 7) is 10.3. The van der Waals surface area contributed by atoms with Crippen LogP contribution in [0.1, 0.15) is 53.4 Å². The Hall–Kier alpha value is 0.480. The molecule has 0 aliphatic heterocycles. The van der Waals surface area contributed by atoms with Crippen LogP contribution in [0.2, 0.25) is 0 Å². The summed E-state index contributed by atoms with van der Waals surface area (Å²) < 4.78 is 0. The summed E-state index contributed by atoms with van der Waals surface area (Å²) in [7, 11) is 0. The zero-order chi connectivity index (χ0) is 11.6. The molecule has 2 spiro atoms. The minimum atomic E-state index is 0.576. The molecule has 5 saturated carbocycles. The first-order valence-corrected chi connectivity index (χ1v) is 7.90. The van der Waals surface area contributed by atoms with Gasteiger partial charge >= 0.3 is 0 Å². The van der Waals surface area contributed by atoms with Crippen LogP contribution in [0.3, 0.4) is 0 Å². The predicted octanol–water partition coefficient (Wildman–Crippen LogP) is 4.62. The molecular weight excluding hydrogens is 260 g/mol. The molecule has 5 unspecified atom stereocenters. The smallest absolute Gasteiger partial charge is 0.0249 e. The van der Waals surface area contributed by atoms with Gasteiger partial charge in [0.1, 0.15) is 0 Å². The van der Waals surface area contributed by atoms with Gasteiger partial charge in [0.05, 0.1) is 0 Å². The van der Waals surface area contributed by atoms with E-state index in [0.29, 0.717) is 16.2 Å². The van der Waals surface area contributed by atoms with Gasteiger partial charge in [-0.2, -0.15) is 0 Å². The van der Waals surface area contributed by atoms with Crippen LogP contribution in [0.5, 0.6) is 0 Å².